The number of rotatable bonds is 6. The Kier molecular flexibility index (Phi) is 5.20. The van der Waals surface area contributed by atoms with Crippen molar-refractivity contribution in [3.63, 3.8) is 0 Å². The molecule has 0 atom stereocenters. The molecule has 1 aromatic carbocycles. The van der Waals surface area contributed by atoms with E-state index >= 15 is 0 Å². The zero-order valence-corrected chi connectivity index (χ0v) is 11.3. The largest absolute Gasteiger partial charge is 0.416 e. The van der Waals surface area contributed by atoms with E-state index in [9.17, 15) is 21.6 Å². The number of nitrogen functional groups attached to an aromatic ring is 1. The van der Waals surface area contributed by atoms with Crippen molar-refractivity contribution in [3.8, 4) is 0 Å². The van der Waals surface area contributed by atoms with Crippen LogP contribution in [-0.2, 0) is 21.1 Å². The number of nitrogens with one attached hydrogen (secondary N) is 2. The van der Waals surface area contributed by atoms with Crippen molar-refractivity contribution in [1.29, 1.82) is 0 Å². The van der Waals surface area contributed by atoms with Crippen molar-refractivity contribution in [3.05, 3.63) is 23.8 Å². The number of anilines is 2. The number of nitrogens with two attached hydrogens (primary N) is 1. The van der Waals surface area contributed by atoms with Crippen LogP contribution in [-0.4, -0.2) is 28.7 Å². The summed E-state index contributed by atoms with van der Waals surface area (Å²) in [4.78, 5) is 0. The molecule has 0 fully saturated rings. The highest BCUT2D eigenvalue weighted by molar-refractivity contribution is 7.90. The maximum Gasteiger partial charge on any atom is 0.416 e. The first kappa shape index (κ1) is 16.5. The van der Waals surface area contributed by atoms with Gasteiger partial charge in [0.1, 0.15) is 0 Å². The minimum atomic E-state index is -4.54. The molecule has 0 aliphatic carbocycles. The highest BCUT2D eigenvalue weighted by Crippen LogP contribution is 2.32. The van der Waals surface area contributed by atoms with Crippen LogP contribution in [0.4, 0.5) is 24.5 Å². The van der Waals surface area contributed by atoms with Gasteiger partial charge >= 0.3 is 6.18 Å². The van der Waals surface area contributed by atoms with Crippen LogP contribution in [0.2, 0.25) is 0 Å². The molecule has 0 saturated carbocycles. The summed E-state index contributed by atoms with van der Waals surface area (Å²) in [5.74, 6) is 0. The van der Waals surface area contributed by atoms with Crippen molar-refractivity contribution >= 4 is 21.6 Å². The maximum absolute atomic E-state index is 12.4. The van der Waals surface area contributed by atoms with Gasteiger partial charge in [-0.3, -0.25) is 4.72 Å². The van der Waals surface area contributed by atoms with Crippen LogP contribution in [0.25, 0.3) is 0 Å². The van der Waals surface area contributed by atoms with Gasteiger partial charge in [0.05, 0.1) is 23.5 Å². The normalized spacial score (nSPS) is 12.4. The molecule has 114 valence electrons. The summed E-state index contributed by atoms with van der Waals surface area (Å²) in [5, 5.41) is 0. The Balaban J connectivity index is 2.83. The van der Waals surface area contributed by atoms with Gasteiger partial charge < -0.3 is 10.5 Å². The predicted octanol–water partition coefficient (Wildman–Crippen LogP) is 1.18. The average molecular weight is 313 g/mol. The molecule has 0 aromatic heterocycles. The molecule has 0 aliphatic rings. The summed E-state index contributed by atoms with van der Waals surface area (Å²) in [5.41, 5.74) is 3.99. The van der Waals surface area contributed by atoms with Gasteiger partial charge in [-0.2, -0.15) is 26.3 Å². The summed E-state index contributed by atoms with van der Waals surface area (Å²) in [6.07, 6.45) is -4.54. The molecule has 6 nitrogen and oxygen atoms in total. The number of benzene rings is 1. The van der Waals surface area contributed by atoms with Crippen molar-refractivity contribution < 1.29 is 26.3 Å². The lowest BCUT2D eigenvalue weighted by Crippen LogP contribution is -2.32. The zero-order chi connectivity index (χ0) is 15.4. The molecule has 0 spiro atoms. The van der Waals surface area contributed by atoms with Crippen LogP contribution in [0, 0.1) is 0 Å². The summed E-state index contributed by atoms with van der Waals surface area (Å²) < 4.78 is 69.2. The molecule has 20 heavy (non-hydrogen) atoms. The molecule has 0 aliphatic heterocycles. The molecule has 1 rings (SSSR count). The van der Waals surface area contributed by atoms with Gasteiger partial charge in [0, 0.05) is 13.7 Å². The number of hydrogen-bond acceptors (Lipinski definition) is 4. The third-order valence-electron chi connectivity index (χ3n) is 2.22. The number of ether oxygens (including phenoxy) is 1. The van der Waals surface area contributed by atoms with E-state index in [2.05, 4.69) is 9.46 Å². The Morgan fingerprint density at radius 2 is 2.00 bits per heavy atom. The quantitative estimate of drug-likeness (QED) is 0.543. The maximum atomic E-state index is 12.4. The monoisotopic (exact) mass is 313 g/mol. The van der Waals surface area contributed by atoms with Crippen LogP contribution in [0.15, 0.2) is 18.2 Å². The zero-order valence-electron chi connectivity index (χ0n) is 10.5. The number of hydrogen-bond donors (Lipinski definition) is 3. The smallest absolute Gasteiger partial charge is 0.397 e. The van der Waals surface area contributed by atoms with E-state index in [0.29, 0.717) is 6.07 Å². The molecule has 0 bridgehead atoms. The lowest BCUT2D eigenvalue weighted by atomic mass is 10.2. The fraction of sp³-hybridized carbons (Fsp3) is 0.400. The first-order valence-corrected chi connectivity index (χ1v) is 6.87. The van der Waals surface area contributed by atoms with E-state index in [4.69, 9.17) is 5.73 Å². The topological polar surface area (TPSA) is 93.4 Å². The van der Waals surface area contributed by atoms with Gasteiger partial charge in [-0.05, 0) is 18.2 Å². The number of alkyl halides is 3. The highest BCUT2D eigenvalue weighted by atomic mass is 32.2. The van der Waals surface area contributed by atoms with Crippen molar-refractivity contribution in [1.82, 2.24) is 4.72 Å². The van der Waals surface area contributed by atoms with Crippen molar-refractivity contribution in [2.45, 2.75) is 6.18 Å². The van der Waals surface area contributed by atoms with Gasteiger partial charge in [0.2, 0.25) is 0 Å². The molecule has 0 amide bonds. The van der Waals surface area contributed by atoms with E-state index < -0.39 is 21.9 Å². The van der Waals surface area contributed by atoms with E-state index in [0.717, 1.165) is 12.1 Å². The Hall–Kier alpha value is -1.52. The fourth-order valence-corrected chi connectivity index (χ4v) is 2.19. The Bertz CT molecular complexity index is 561. The van der Waals surface area contributed by atoms with Crippen LogP contribution in [0.1, 0.15) is 5.56 Å². The predicted molar refractivity (Wildman–Crippen MR) is 68.3 cm³/mol. The second kappa shape index (κ2) is 6.29. The summed E-state index contributed by atoms with van der Waals surface area (Å²) in [6, 6.07) is 2.35. The highest BCUT2D eigenvalue weighted by Gasteiger charge is 2.31. The summed E-state index contributed by atoms with van der Waals surface area (Å²) in [7, 11) is -2.52. The lowest BCUT2D eigenvalue weighted by molar-refractivity contribution is -0.137. The second-order valence-corrected chi connectivity index (χ2v) is 5.29. The molecular weight excluding hydrogens is 299 g/mol. The Labute approximate surface area is 114 Å². The standard InChI is InChI=1S/C10H14F3N3O3S/c1-19-5-4-15-20(17,18)16-9-3-2-7(6-8(9)14)10(11,12)13/h2-3,6,15-16H,4-5,14H2,1H3. The van der Waals surface area contributed by atoms with Gasteiger partial charge in [-0.1, -0.05) is 0 Å². The third kappa shape index (κ3) is 4.87. The molecule has 0 radical (unpaired) electrons. The molecule has 0 saturated heterocycles. The molecule has 0 heterocycles. The first-order chi connectivity index (χ1) is 9.15. The Morgan fingerprint density at radius 3 is 2.50 bits per heavy atom. The summed E-state index contributed by atoms with van der Waals surface area (Å²) in [6.45, 7) is 0.176. The second-order valence-electron chi connectivity index (χ2n) is 3.79. The molecule has 4 N–H and O–H groups in total. The molecule has 0 unspecified atom stereocenters. The van der Waals surface area contributed by atoms with Crippen molar-refractivity contribution in [2.24, 2.45) is 0 Å². The third-order valence-corrected chi connectivity index (χ3v) is 3.29. The van der Waals surface area contributed by atoms with E-state index in [1.54, 1.807) is 0 Å². The van der Waals surface area contributed by atoms with Gasteiger partial charge in [0.25, 0.3) is 10.2 Å². The molecule has 1 aromatic rings. The van der Waals surface area contributed by atoms with Gasteiger partial charge in [-0.15, -0.1) is 0 Å². The molecule has 10 heteroatoms. The van der Waals surface area contributed by atoms with Crippen LogP contribution >= 0.6 is 0 Å². The number of methoxy groups -OCH3 is 1. The number of halogens is 3. The lowest BCUT2D eigenvalue weighted by Gasteiger charge is -2.13. The average Bonchev–Trinajstić information content (AvgIpc) is 2.30. The van der Waals surface area contributed by atoms with Crippen LogP contribution in [0.3, 0.4) is 0 Å². The first-order valence-electron chi connectivity index (χ1n) is 5.39. The Morgan fingerprint density at radius 1 is 1.35 bits per heavy atom. The fourth-order valence-electron chi connectivity index (χ4n) is 1.29. The van der Waals surface area contributed by atoms with E-state index in [-0.39, 0.29) is 24.5 Å². The SMILES string of the molecule is COCCNS(=O)(=O)Nc1ccc(C(F)(F)F)cc1N. The van der Waals surface area contributed by atoms with E-state index in [1.165, 1.54) is 7.11 Å². The molecular formula is C10H14F3N3O3S. The van der Waals surface area contributed by atoms with Gasteiger partial charge in [-0.25, -0.2) is 0 Å². The van der Waals surface area contributed by atoms with Crippen LogP contribution in [0.5, 0.6) is 0 Å². The summed E-state index contributed by atoms with van der Waals surface area (Å²) >= 11 is 0. The van der Waals surface area contributed by atoms with Gasteiger partial charge in [0.15, 0.2) is 0 Å². The minimum absolute atomic E-state index is 0.0202. The minimum Gasteiger partial charge on any atom is -0.397 e. The van der Waals surface area contributed by atoms with Crippen LogP contribution < -0.4 is 15.2 Å². The van der Waals surface area contributed by atoms with E-state index in [1.807, 2.05) is 4.72 Å². The van der Waals surface area contributed by atoms with Crippen molar-refractivity contribution in [2.75, 3.05) is 30.7 Å².